The zero-order chi connectivity index (χ0) is 22.4. The van der Waals surface area contributed by atoms with Gasteiger partial charge in [0, 0.05) is 18.5 Å². The molecule has 2 aliphatic rings. The molecule has 164 valence electrons. The van der Waals surface area contributed by atoms with Crippen molar-refractivity contribution in [1.29, 1.82) is 0 Å². The summed E-state index contributed by atoms with van der Waals surface area (Å²) in [5, 5.41) is 10.5. The lowest BCUT2D eigenvalue weighted by molar-refractivity contribution is -0.138. The number of benzene rings is 1. The molecule has 3 amide bonds. The summed E-state index contributed by atoms with van der Waals surface area (Å²) in [5.74, 6) is 0.0443. The second-order valence-corrected chi connectivity index (χ2v) is 8.87. The normalized spacial score (nSPS) is 21.3. The minimum absolute atomic E-state index is 0.0420. The third kappa shape index (κ3) is 3.64. The summed E-state index contributed by atoms with van der Waals surface area (Å²) in [6.45, 7) is -0.0420. The molecule has 0 bridgehead atoms. The fourth-order valence-corrected chi connectivity index (χ4v) is 4.82. The van der Waals surface area contributed by atoms with Crippen LogP contribution in [0.25, 0.3) is 10.9 Å². The van der Waals surface area contributed by atoms with Crippen LogP contribution in [0.2, 0.25) is 0 Å². The van der Waals surface area contributed by atoms with E-state index >= 15 is 0 Å². The van der Waals surface area contributed by atoms with Gasteiger partial charge >= 0.3 is 0 Å². The number of halogens is 1. The molecule has 5 rings (SSSR count). The third-order valence-corrected chi connectivity index (χ3v) is 6.49. The summed E-state index contributed by atoms with van der Waals surface area (Å²) >= 11 is 3.30. The molecule has 0 spiro atoms. The number of rotatable bonds is 5. The Morgan fingerprint density at radius 1 is 1.12 bits per heavy atom. The highest BCUT2D eigenvalue weighted by molar-refractivity contribution is 9.10. The predicted molar refractivity (Wildman–Crippen MR) is 121 cm³/mol. The Labute approximate surface area is 192 Å². The number of likely N-dealkylation sites (tertiary alicyclic amines) is 1. The van der Waals surface area contributed by atoms with E-state index in [-0.39, 0.29) is 36.0 Å². The van der Waals surface area contributed by atoms with Crippen LogP contribution in [0.1, 0.15) is 23.3 Å². The minimum Gasteiger partial charge on any atom is -0.354 e. The number of piperidine rings is 1. The summed E-state index contributed by atoms with van der Waals surface area (Å²) < 4.78 is 2.16. The smallest absolute Gasteiger partial charge is 0.272 e. The molecule has 3 aromatic rings. The second kappa shape index (κ2) is 8.01. The number of fused-ring (bicyclic) bond motifs is 2. The van der Waals surface area contributed by atoms with Gasteiger partial charge in [-0.1, -0.05) is 24.3 Å². The van der Waals surface area contributed by atoms with Gasteiger partial charge in [-0.25, -0.2) is 4.98 Å². The standard InChI is InChI=1S/C22H21BrN6O3/c1-24-22(32)20-13-5-2-3-6-14(13)28(27-20)11-19(30)29-15-9-12(15)10-16(29)21(31)26-18-8-4-7-17(23)25-18/h2-8,12,15-16H,9-11H2,1H3,(H,24,32)(H,25,26,31)/t12-,15-,16+/m1/s1. The predicted octanol–water partition coefficient (Wildman–Crippen LogP) is 2.18. The first-order valence-corrected chi connectivity index (χ1v) is 11.2. The van der Waals surface area contributed by atoms with Gasteiger partial charge in [-0.05, 0) is 52.9 Å². The van der Waals surface area contributed by atoms with Gasteiger partial charge in [0.1, 0.15) is 23.0 Å². The van der Waals surface area contributed by atoms with Crippen molar-refractivity contribution in [1.82, 2.24) is 25.0 Å². The van der Waals surface area contributed by atoms with E-state index in [0.717, 1.165) is 6.42 Å². The van der Waals surface area contributed by atoms with Crippen LogP contribution in [0, 0.1) is 5.92 Å². The number of nitrogens with zero attached hydrogens (tertiary/aromatic N) is 4. The van der Waals surface area contributed by atoms with Crippen LogP contribution in [-0.4, -0.2) is 56.5 Å². The summed E-state index contributed by atoms with van der Waals surface area (Å²) in [7, 11) is 1.54. The van der Waals surface area contributed by atoms with E-state index in [1.807, 2.05) is 24.3 Å². The highest BCUT2D eigenvalue weighted by Gasteiger charge is 2.56. The number of aromatic nitrogens is 3. The number of amides is 3. The van der Waals surface area contributed by atoms with Gasteiger partial charge in [-0.2, -0.15) is 5.10 Å². The van der Waals surface area contributed by atoms with E-state index in [9.17, 15) is 14.4 Å². The van der Waals surface area contributed by atoms with Gasteiger partial charge in [-0.3, -0.25) is 19.1 Å². The van der Waals surface area contributed by atoms with E-state index in [1.165, 1.54) is 0 Å². The molecular weight excluding hydrogens is 476 g/mol. The summed E-state index contributed by atoms with van der Waals surface area (Å²) in [6, 6.07) is 12.1. The van der Waals surface area contributed by atoms with Gasteiger partial charge in [0.25, 0.3) is 5.91 Å². The highest BCUT2D eigenvalue weighted by atomic mass is 79.9. The Bertz CT molecular complexity index is 1240. The molecule has 2 aromatic heterocycles. The number of pyridine rings is 1. The van der Waals surface area contributed by atoms with Crippen molar-refractivity contribution < 1.29 is 14.4 Å². The number of carbonyl (C=O) groups is 3. The number of para-hydroxylation sites is 1. The first kappa shape index (κ1) is 20.6. The number of hydrogen-bond acceptors (Lipinski definition) is 5. The molecule has 0 radical (unpaired) electrons. The van der Waals surface area contributed by atoms with Crippen molar-refractivity contribution in [2.75, 3.05) is 12.4 Å². The van der Waals surface area contributed by atoms with E-state index in [0.29, 0.717) is 33.7 Å². The van der Waals surface area contributed by atoms with E-state index in [4.69, 9.17) is 0 Å². The number of hydrogen-bond donors (Lipinski definition) is 2. The molecule has 1 aliphatic heterocycles. The van der Waals surface area contributed by atoms with Crippen LogP contribution in [0.4, 0.5) is 5.82 Å². The molecule has 1 saturated heterocycles. The maximum atomic E-state index is 13.3. The fraction of sp³-hybridized carbons (Fsp3) is 0.318. The molecule has 32 heavy (non-hydrogen) atoms. The van der Waals surface area contributed by atoms with E-state index in [2.05, 4.69) is 36.6 Å². The molecule has 3 heterocycles. The number of carbonyl (C=O) groups excluding carboxylic acids is 3. The first-order valence-electron chi connectivity index (χ1n) is 10.4. The van der Waals surface area contributed by atoms with Crippen molar-refractivity contribution in [2.45, 2.75) is 31.5 Å². The van der Waals surface area contributed by atoms with Crippen LogP contribution in [0.5, 0.6) is 0 Å². The maximum absolute atomic E-state index is 13.3. The second-order valence-electron chi connectivity index (χ2n) is 8.05. The molecule has 1 aliphatic carbocycles. The molecule has 3 atom stereocenters. The summed E-state index contributed by atoms with van der Waals surface area (Å²) in [4.78, 5) is 44.5. The van der Waals surface area contributed by atoms with Gasteiger partial charge < -0.3 is 15.5 Å². The summed E-state index contributed by atoms with van der Waals surface area (Å²) in [6.07, 6.45) is 1.55. The number of anilines is 1. The Morgan fingerprint density at radius 3 is 2.72 bits per heavy atom. The summed E-state index contributed by atoms with van der Waals surface area (Å²) in [5.41, 5.74) is 0.974. The van der Waals surface area contributed by atoms with Crippen molar-refractivity contribution in [2.24, 2.45) is 5.92 Å². The van der Waals surface area contributed by atoms with Crippen LogP contribution in [-0.2, 0) is 16.1 Å². The molecule has 2 fully saturated rings. The Morgan fingerprint density at radius 2 is 1.94 bits per heavy atom. The highest BCUT2D eigenvalue weighted by Crippen LogP contribution is 2.48. The Balaban J connectivity index is 1.38. The first-order chi connectivity index (χ1) is 15.5. The molecule has 0 unspecified atom stereocenters. The molecule has 1 saturated carbocycles. The molecule has 9 nitrogen and oxygen atoms in total. The quantitative estimate of drug-likeness (QED) is 0.526. The van der Waals surface area contributed by atoms with Crippen molar-refractivity contribution >= 4 is 50.4 Å². The van der Waals surface area contributed by atoms with Crippen LogP contribution in [0.3, 0.4) is 0 Å². The van der Waals surface area contributed by atoms with Crippen molar-refractivity contribution in [3.8, 4) is 0 Å². The lowest BCUT2D eigenvalue weighted by atomic mass is 10.1. The van der Waals surface area contributed by atoms with Crippen LogP contribution >= 0.6 is 15.9 Å². The van der Waals surface area contributed by atoms with Gasteiger partial charge in [-0.15, -0.1) is 0 Å². The van der Waals surface area contributed by atoms with E-state index < -0.39 is 6.04 Å². The Kier molecular flexibility index (Phi) is 5.16. The molecule has 10 heteroatoms. The molecule has 1 aromatic carbocycles. The van der Waals surface area contributed by atoms with Gasteiger partial charge in [0.05, 0.1) is 5.52 Å². The Hall–Kier alpha value is -3.27. The maximum Gasteiger partial charge on any atom is 0.272 e. The number of nitrogens with one attached hydrogen (secondary N) is 2. The van der Waals surface area contributed by atoms with Gasteiger partial charge in [0.2, 0.25) is 11.8 Å². The monoisotopic (exact) mass is 496 g/mol. The van der Waals surface area contributed by atoms with Crippen LogP contribution in [0.15, 0.2) is 47.1 Å². The third-order valence-electron chi connectivity index (χ3n) is 6.05. The molecule has 2 N–H and O–H groups in total. The topological polar surface area (TPSA) is 109 Å². The lowest BCUT2D eigenvalue weighted by Gasteiger charge is -2.26. The zero-order valence-electron chi connectivity index (χ0n) is 17.3. The largest absolute Gasteiger partial charge is 0.354 e. The molecular formula is C22H21BrN6O3. The zero-order valence-corrected chi connectivity index (χ0v) is 18.9. The minimum atomic E-state index is -0.549. The average Bonchev–Trinajstić information content (AvgIpc) is 3.29. The fourth-order valence-electron chi connectivity index (χ4n) is 4.48. The lowest BCUT2D eigenvalue weighted by Crippen LogP contribution is -2.46. The van der Waals surface area contributed by atoms with E-state index in [1.54, 1.807) is 34.8 Å². The van der Waals surface area contributed by atoms with Gasteiger partial charge in [0.15, 0.2) is 5.69 Å². The van der Waals surface area contributed by atoms with Crippen molar-refractivity contribution in [3.05, 3.63) is 52.8 Å². The average molecular weight is 497 g/mol. The SMILES string of the molecule is CNC(=O)c1nn(CC(=O)N2[C@@H]3C[C@@H]3C[C@H]2C(=O)Nc2cccc(Br)n2)c2ccccc12. The van der Waals surface area contributed by atoms with Crippen molar-refractivity contribution in [3.63, 3.8) is 0 Å². The van der Waals surface area contributed by atoms with Crippen LogP contribution < -0.4 is 10.6 Å².